The first-order valence-electron chi connectivity index (χ1n) is 5.90. The quantitative estimate of drug-likeness (QED) is 0.603. The molecule has 0 bridgehead atoms. The van der Waals surface area contributed by atoms with Crippen molar-refractivity contribution in [2.75, 3.05) is 26.1 Å². The van der Waals surface area contributed by atoms with E-state index in [0.29, 0.717) is 18.8 Å². The van der Waals surface area contributed by atoms with Crippen LogP contribution in [0, 0.1) is 10.1 Å². The van der Waals surface area contributed by atoms with Crippen molar-refractivity contribution in [2.45, 2.75) is 25.9 Å². The SMILES string of the molecule is CNc1cc([N+](=O)[O-])cc(OCCC(C)(C)OC)n1. The van der Waals surface area contributed by atoms with E-state index in [1.165, 1.54) is 12.1 Å². The summed E-state index contributed by atoms with van der Waals surface area (Å²) >= 11 is 0. The standard InChI is InChI=1S/C12H19N3O4/c1-12(2,18-4)5-6-19-11-8-9(15(16)17)7-10(13-3)14-11/h7-8H,5-6H2,1-4H3,(H,13,14). The molecule has 0 saturated carbocycles. The van der Waals surface area contributed by atoms with E-state index in [9.17, 15) is 10.1 Å². The molecule has 0 aliphatic rings. The molecule has 0 spiro atoms. The number of anilines is 1. The zero-order chi connectivity index (χ0) is 14.5. The fourth-order valence-corrected chi connectivity index (χ4v) is 1.30. The van der Waals surface area contributed by atoms with Crippen LogP contribution in [0.5, 0.6) is 5.88 Å². The number of hydrogen-bond acceptors (Lipinski definition) is 6. The van der Waals surface area contributed by atoms with Crippen LogP contribution in [0.1, 0.15) is 20.3 Å². The number of ether oxygens (including phenoxy) is 2. The van der Waals surface area contributed by atoms with Gasteiger partial charge in [-0.25, -0.2) is 0 Å². The van der Waals surface area contributed by atoms with Gasteiger partial charge in [-0.2, -0.15) is 4.98 Å². The topological polar surface area (TPSA) is 86.5 Å². The van der Waals surface area contributed by atoms with Crippen LogP contribution in [-0.4, -0.2) is 36.3 Å². The van der Waals surface area contributed by atoms with Crippen molar-refractivity contribution in [3.05, 3.63) is 22.2 Å². The smallest absolute Gasteiger partial charge is 0.278 e. The summed E-state index contributed by atoms with van der Waals surface area (Å²) in [6, 6.07) is 2.66. The minimum absolute atomic E-state index is 0.0552. The first kappa shape index (κ1) is 15.2. The molecule has 0 atom stereocenters. The molecule has 0 aliphatic carbocycles. The third kappa shape index (κ3) is 4.70. The summed E-state index contributed by atoms with van der Waals surface area (Å²) in [4.78, 5) is 14.4. The van der Waals surface area contributed by atoms with Gasteiger partial charge in [0, 0.05) is 20.6 Å². The van der Waals surface area contributed by atoms with Crippen LogP contribution in [0.2, 0.25) is 0 Å². The Morgan fingerprint density at radius 3 is 2.68 bits per heavy atom. The number of methoxy groups -OCH3 is 1. The molecule has 7 nitrogen and oxygen atoms in total. The van der Waals surface area contributed by atoms with E-state index in [4.69, 9.17) is 9.47 Å². The van der Waals surface area contributed by atoms with E-state index >= 15 is 0 Å². The molecule has 0 fully saturated rings. The summed E-state index contributed by atoms with van der Waals surface area (Å²) < 4.78 is 10.7. The number of aromatic nitrogens is 1. The highest BCUT2D eigenvalue weighted by Gasteiger charge is 2.17. The number of nitrogens with zero attached hydrogens (tertiary/aromatic N) is 2. The minimum atomic E-state index is -0.478. The number of rotatable bonds is 7. The lowest BCUT2D eigenvalue weighted by Gasteiger charge is -2.22. The highest BCUT2D eigenvalue weighted by Crippen LogP contribution is 2.22. The first-order chi connectivity index (χ1) is 8.88. The van der Waals surface area contributed by atoms with Crippen molar-refractivity contribution in [1.82, 2.24) is 4.98 Å². The van der Waals surface area contributed by atoms with Crippen molar-refractivity contribution in [3.8, 4) is 5.88 Å². The number of pyridine rings is 1. The molecule has 1 aromatic heterocycles. The summed E-state index contributed by atoms with van der Waals surface area (Å²) in [6.45, 7) is 4.25. The van der Waals surface area contributed by atoms with E-state index in [2.05, 4.69) is 10.3 Å². The lowest BCUT2D eigenvalue weighted by atomic mass is 10.1. The molecule has 7 heteroatoms. The van der Waals surface area contributed by atoms with E-state index in [0.717, 1.165) is 0 Å². The average molecular weight is 269 g/mol. The molecule has 1 rings (SSSR count). The Morgan fingerprint density at radius 2 is 2.16 bits per heavy atom. The highest BCUT2D eigenvalue weighted by atomic mass is 16.6. The summed E-state index contributed by atoms with van der Waals surface area (Å²) in [5.41, 5.74) is -0.354. The summed E-state index contributed by atoms with van der Waals surface area (Å²) in [6.07, 6.45) is 0.656. The molecule has 0 unspecified atom stereocenters. The number of nitrogens with one attached hydrogen (secondary N) is 1. The third-order valence-electron chi connectivity index (χ3n) is 2.76. The van der Waals surface area contributed by atoms with Crippen molar-refractivity contribution < 1.29 is 14.4 Å². The molecular formula is C12H19N3O4. The summed E-state index contributed by atoms with van der Waals surface area (Å²) in [5, 5.41) is 13.5. The van der Waals surface area contributed by atoms with Gasteiger partial charge >= 0.3 is 0 Å². The second kappa shape index (κ2) is 6.33. The third-order valence-corrected chi connectivity index (χ3v) is 2.76. The van der Waals surface area contributed by atoms with Gasteiger partial charge in [-0.05, 0) is 13.8 Å². The van der Waals surface area contributed by atoms with Crippen LogP contribution in [0.3, 0.4) is 0 Å². The zero-order valence-corrected chi connectivity index (χ0v) is 11.6. The van der Waals surface area contributed by atoms with E-state index in [1.54, 1.807) is 14.2 Å². The second-order valence-corrected chi connectivity index (χ2v) is 4.62. The van der Waals surface area contributed by atoms with Gasteiger partial charge in [0.05, 0.1) is 29.3 Å². The Kier molecular flexibility index (Phi) is 5.05. The molecule has 19 heavy (non-hydrogen) atoms. The number of nitro groups is 1. The average Bonchev–Trinajstić information content (AvgIpc) is 2.38. The van der Waals surface area contributed by atoms with Crippen LogP contribution < -0.4 is 10.1 Å². The lowest BCUT2D eigenvalue weighted by Crippen LogP contribution is -2.25. The zero-order valence-electron chi connectivity index (χ0n) is 11.6. The van der Waals surface area contributed by atoms with Crippen molar-refractivity contribution in [3.63, 3.8) is 0 Å². The molecule has 1 heterocycles. The van der Waals surface area contributed by atoms with Crippen molar-refractivity contribution in [1.29, 1.82) is 0 Å². The Hall–Kier alpha value is -1.89. The number of hydrogen-bond donors (Lipinski definition) is 1. The Balaban J connectivity index is 2.72. The fourth-order valence-electron chi connectivity index (χ4n) is 1.30. The van der Waals surface area contributed by atoms with Crippen LogP contribution in [0.4, 0.5) is 11.5 Å². The van der Waals surface area contributed by atoms with Gasteiger partial charge in [-0.15, -0.1) is 0 Å². The van der Waals surface area contributed by atoms with Gasteiger partial charge in [-0.1, -0.05) is 0 Å². The maximum atomic E-state index is 10.8. The molecule has 0 radical (unpaired) electrons. The van der Waals surface area contributed by atoms with Gasteiger partial charge in [-0.3, -0.25) is 10.1 Å². The Bertz CT molecular complexity index is 449. The van der Waals surface area contributed by atoms with E-state index in [1.807, 2.05) is 13.8 Å². The first-order valence-corrected chi connectivity index (χ1v) is 5.90. The molecule has 0 aliphatic heterocycles. The molecule has 0 saturated heterocycles. The van der Waals surface area contributed by atoms with Gasteiger partial charge < -0.3 is 14.8 Å². The minimum Gasteiger partial charge on any atom is -0.477 e. The van der Waals surface area contributed by atoms with Crippen LogP contribution in [0.15, 0.2) is 12.1 Å². The molecule has 1 aromatic rings. The Morgan fingerprint density at radius 1 is 1.47 bits per heavy atom. The summed E-state index contributed by atoms with van der Waals surface area (Å²) in [7, 11) is 3.27. The normalized spacial score (nSPS) is 11.2. The second-order valence-electron chi connectivity index (χ2n) is 4.62. The Labute approximate surface area is 112 Å². The molecule has 0 amide bonds. The van der Waals surface area contributed by atoms with Crippen molar-refractivity contribution >= 4 is 11.5 Å². The van der Waals surface area contributed by atoms with E-state index in [-0.39, 0.29) is 17.2 Å². The van der Waals surface area contributed by atoms with Gasteiger partial charge in [0.25, 0.3) is 5.69 Å². The molecular weight excluding hydrogens is 250 g/mol. The lowest BCUT2D eigenvalue weighted by molar-refractivity contribution is -0.384. The van der Waals surface area contributed by atoms with E-state index < -0.39 is 4.92 Å². The molecule has 106 valence electrons. The van der Waals surface area contributed by atoms with Gasteiger partial charge in [0.15, 0.2) is 0 Å². The monoisotopic (exact) mass is 269 g/mol. The molecule has 1 N–H and O–H groups in total. The maximum absolute atomic E-state index is 10.8. The predicted octanol–water partition coefficient (Wildman–Crippen LogP) is 2.23. The van der Waals surface area contributed by atoms with Crippen LogP contribution in [0.25, 0.3) is 0 Å². The molecule has 0 aromatic carbocycles. The van der Waals surface area contributed by atoms with Gasteiger partial charge in [0.1, 0.15) is 5.82 Å². The highest BCUT2D eigenvalue weighted by molar-refractivity contribution is 5.47. The fraction of sp³-hybridized carbons (Fsp3) is 0.583. The predicted molar refractivity (Wildman–Crippen MR) is 71.6 cm³/mol. The largest absolute Gasteiger partial charge is 0.477 e. The van der Waals surface area contributed by atoms with Crippen LogP contribution in [-0.2, 0) is 4.74 Å². The maximum Gasteiger partial charge on any atom is 0.278 e. The van der Waals surface area contributed by atoms with Crippen molar-refractivity contribution in [2.24, 2.45) is 0 Å². The van der Waals surface area contributed by atoms with Gasteiger partial charge in [0.2, 0.25) is 5.88 Å². The van der Waals surface area contributed by atoms with Crippen LogP contribution >= 0.6 is 0 Å². The summed E-state index contributed by atoms with van der Waals surface area (Å²) in [5.74, 6) is 0.626.